The molecule has 0 spiro atoms. The predicted molar refractivity (Wildman–Crippen MR) is 95.6 cm³/mol. The third-order valence-electron chi connectivity index (χ3n) is 3.84. The van der Waals surface area contributed by atoms with Crippen molar-refractivity contribution in [2.24, 2.45) is 5.10 Å². The number of amides is 1. The van der Waals surface area contributed by atoms with Crippen LogP contribution in [0.3, 0.4) is 0 Å². The van der Waals surface area contributed by atoms with Gasteiger partial charge in [0.05, 0.1) is 17.6 Å². The number of non-ortho nitro benzene ring substituents is 1. The average Bonchev–Trinajstić information content (AvgIpc) is 2.91. The molecule has 3 rings (SSSR count). The summed E-state index contributed by atoms with van der Waals surface area (Å²) in [5.41, 5.74) is 6.06. The summed E-state index contributed by atoms with van der Waals surface area (Å²) in [4.78, 5) is 25.3. The Balaban J connectivity index is 1.64. The standard InChI is InChI=1S/C18H16N4O3/c1-12-16(15-4-2-3-5-17(15)20-12)11-19-21-18(23)10-13-6-8-14(9-7-13)22(24)25/h2-9,11,20H,10H2,1H3,(H,21,23)/b19-11-. The van der Waals surface area contributed by atoms with E-state index in [1.807, 2.05) is 31.2 Å². The molecule has 0 aliphatic carbocycles. The van der Waals surface area contributed by atoms with Crippen molar-refractivity contribution in [1.82, 2.24) is 10.4 Å². The summed E-state index contributed by atoms with van der Waals surface area (Å²) in [5, 5.41) is 15.7. The van der Waals surface area contributed by atoms with E-state index in [-0.39, 0.29) is 18.0 Å². The first-order chi connectivity index (χ1) is 12.0. The zero-order chi connectivity index (χ0) is 17.8. The molecule has 0 saturated heterocycles. The monoisotopic (exact) mass is 336 g/mol. The lowest BCUT2D eigenvalue weighted by Crippen LogP contribution is -2.19. The fraction of sp³-hybridized carbons (Fsp3) is 0.111. The Kier molecular flexibility index (Phi) is 4.56. The number of hydrogen-bond acceptors (Lipinski definition) is 4. The van der Waals surface area contributed by atoms with Crippen LogP contribution >= 0.6 is 0 Å². The van der Waals surface area contributed by atoms with Gasteiger partial charge in [-0.2, -0.15) is 5.10 Å². The molecule has 25 heavy (non-hydrogen) atoms. The topological polar surface area (TPSA) is 100 Å². The van der Waals surface area contributed by atoms with Gasteiger partial charge in [0.1, 0.15) is 0 Å². The number of H-pyrrole nitrogens is 1. The highest BCUT2D eigenvalue weighted by molar-refractivity contribution is 6.00. The molecule has 0 atom stereocenters. The lowest BCUT2D eigenvalue weighted by molar-refractivity contribution is -0.384. The van der Waals surface area contributed by atoms with Crippen molar-refractivity contribution in [2.75, 3.05) is 0 Å². The van der Waals surface area contributed by atoms with Crippen molar-refractivity contribution in [3.63, 3.8) is 0 Å². The molecule has 0 bridgehead atoms. The van der Waals surface area contributed by atoms with Crippen LogP contribution < -0.4 is 5.43 Å². The van der Waals surface area contributed by atoms with Gasteiger partial charge in [-0.05, 0) is 18.6 Å². The van der Waals surface area contributed by atoms with E-state index in [2.05, 4.69) is 15.5 Å². The SMILES string of the molecule is Cc1[nH]c2ccccc2c1/C=N\NC(=O)Cc1ccc([N+](=O)[O-])cc1. The number of rotatable bonds is 5. The maximum atomic E-state index is 11.9. The molecule has 0 saturated carbocycles. The lowest BCUT2D eigenvalue weighted by Gasteiger charge is -2.00. The molecular weight excluding hydrogens is 320 g/mol. The summed E-state index contributed by atoms with van der Waals surface area (Å²) in [5.74, 6) is -0.289. The number of carbonyl (C=O) groups is 1. The number of hydrogen-bond donors (Lipinski definition) is 2. The first kappa shape index (κ1) is 16.4. The van der Waals surface area contributed by atoms with Gasteiger partial charge >= 0.3 is 0 Å². The zero-order valence-corrected chi connectivity index (χ0v) is 13.5. The first-order valence-electron chi connectivity index (χ1n) is 7.67. The Bertz CT molecular complexity index is 958. The van der Waals surface area contributed by atoms with E-state index in [1.165, 1.54) is 12.1 Å². The van der Waals surface area contributed by atoms with Crippen molar-refractivity contribution in [1.29, 1.82) is 0 Å². The van der Waals surface area contributed by atoms with E-state index in [0.717, 1.165) is 22.2 Å². The van der Waals surface area contributed by atoms with Crippen LogP contribution in [0.25, 0.3) is 10.9 Å². The molecule has 7 nitrogen and oxygen atoms in total. The number of nitrogens with one attached hydrogen (secondary N) is 2. The van der Waals surface area contributed by atoms with Crippen molar-refractivity contribution in [3.8, 4) is 0 Å². The van der Waals surface area contributed by atoms with E-state index in [1.54, 1.807) is 18.3 Å². The van der Waals surface area contributed by atoms with Crippen LogP contribution in [0.4, 0.5) is 5.69 Å². The summed E-state index contributed by atoms with van der Waals surface area (Å²) in [7, 11) is 0. The number of aromatic amines is 1. The van der Waals surface area contributed by atoms with Crippen molar-refractivity contribution in [3.05, 3.63) is 75.5 Å². The summed E-state index contributed by atoms with van der Waals surface area (Å²) >= 11 is 0. The highest BCUT2D eigenvalue weighted by Gasteiger charge is 2.08. The second kappa shape index (κ2) is 6.96. The fourth-order valence-corrected chi connectivity index (χ4v) is 2.59. The largest absolute Gasteiger partial charge is 0.358 e. The maximum Gasteiger partial charge on any atom is 0.269 e. The van der Waals surface area contributed by atoms with Crippen LogP contribution in [-0.2, 0) is 11.2 Å². The highest BCUT2D eigenvalue weighted by Crippen LogP contribution is 2.19. The van der Waals surface area contributed by atoms with Crippen LogP contribution in [0, 0.1) is 17.0 Å². The number of para-hydroxylation sites is 1. The molecule has 0 fully saturated rings. The summed E-state index contributed by atoms with van der Waals surface area (Å²) < 4.78 is 0. The number of aryl methyl sites for hydroxylation is 1. The third-order valence-corrected chi connectivity index (χ3v) is 3.84. The smallest absolute Gasteiger partial charge is 0.269 e. The van der Waals surface area contributed by atoms with Gasteiger partial charge in [-0.15, -0.1) is 0 Å². The molecule has 2 N–H and O–H groups in total. The summed E-state index contributed by atoms with van der Waals surface area (Å²) in [6.07, 6.45) is 1.71. The predicted octanol–water partition coefficient (Wildman–Crippen LogP) is 3.08. The normalized spacial score (nSPS) is 11.1. The van der Waals surface area contributed by atoms with Crippen LogP contribution in [-0.4, -0.2) is 22.0 Å². The Morgan fingerprint density at radius 3 is 2.68 bits per heavy atom. The maximum absolute atomic E-state index is 11.9. The van der Waals surface area contributed by atoms with Gasteiger partial charge in [0, 0.05) is 34.3 Å². The van der Waals surface area contributed by atoms with E-state index < -0.39 is 4.92 Å². The molecule has 2 aromatic carbocycles. The van der Waals surface area contributed by atoms with Gasteiger partial charge in [0.25, 0.3) is 5.69 Å². The van der Waals surface area contributed by atoms with Crippen molar-refractivity contribution < 1.29 is 9.72 Å². The van der Waals surface area contributed by atoms with Crippen LogP contribution in [0.1, 0.15) is 16.8 Å². The van der Waals surface area contributed by atoms with Gasteiger partial charge < -0.3 is 4.98 Å². The number of hydrazone groups is 1. The average molecular weight is 336 g/mol. The van der Waals surface area contributed by atoms with Gasteiger partial charge in [-0.1, -0.05) is 30.3 Å². The van der Waals surface area contributed by atoms with Gasteiger partial charge in [0.2, 0.25) is 5.91 Å². The molecular formula is C18H16N4O3. The number of fused-ring (bicyclic) bond motifs is 1. The molecule has 3 aromatic rings. The fourth-order valence-electron chi connectivity index (χ4n) is 2.59. The molecule has 0 aliphatic heterocycles. The lowest BCUT2D eigenvalue weighted by atomic mass is 10.1. The molecule has 1 aromatic heterocycles. The van der Waals surface area contributed by atoms with E-state index in [0.29, 0.717) is 5.56 Å². The number of nitrogens with zero attached hydrogens (tertiary/aromatic N) is 2. The Labute approximate surface area is 143 Å². The molecule has 0 radical (unpaired) electrons. The van der Waals surface area contributed by atoms with Crippen molar-refractivity contribution >= 4 is 28.7 Å². The number of nitro benzene ring substituents is 1. The van der Waals surface area contributed by atoms with E-state index >= 15 is 0 Å². The van der Waals surface area contributed by atoms with Crippen LogP contribution in [0.15, 0.2) is 53.6 Å². The Hall–Kier alpha value is -3.48. The summed E-state index contributed by atoms with van der Waals surface area (Å²) in [6.45, 7) is 1.94. The number of nitro groups is 1. The number of aromatic nitrogens is 1. The highest BCUT2D eigenvalue weighted by atomic mass is 16.6. The molecule has 126 valence electrons. The number of carbonyl (C=O) groups excluding carboxylic acids is 1. The molecule has 1 heterocycles. The van der Waals surface area contributed by atoms with Crippen LogP contribution in [0.5, 0.6) is 0 Å². The van der Waals surface area contributed by atoms with E-state index in [4.69, 9.17) is 0 Å². The molecule has 7 heteroatoms. The van der Waals surface area contributed by atoms with Gasteiger partial charge in [0.15, 0.2) is 0 Å². The second-order valence-electron chi connectivity index (χ2n) is 5.60. The Morgan fingerprint density at radius 1 is 1.24 bits per heavy atom. The molecule has 0 unspecified atom stereocenters. The van der Waals surface area contributed by atoms with E-state index in [9.17, 15) is 14.9 Å². The molecule has 1 amide bonds. The minimum Gasteiger partial charge on any atom is -0.358 e. The number of benzene rings is 2. The molecule has 0 aliphatic rings. The second-order valence-corrected chi connectivity index (χ2v) is 5.60. The third kappa shape index (κ3) is 3.72. The minimum atomic E-state index is -0.475. The van der Waals surface area contributed by atoms with Crippen LogP contribution in [0.2, 0.25) is 0 Å². The van der Waals surface area contributed by atoms with Gasteiger partial charge in [-0.3, -0.25) is 14.9 Å². The van der Waals surface area contributed by atoms with Gasteiger partial charge in [-0.25, -0.2) is 5.43 Å². The zero-order valence-electron chi connectivity index (χ0n) is 13.5. The quantitative estimate of drug-likeness (QED) is 0.425. The first-order valence-corrected chi connectivity index (χ1v) is 7.67. The Morgan fingerprint density at radius 2 is 1.96 bits per heavy atom. The summed E-state index contributed by atoms with van der Waals surface area (Å²) in [6, 6.07) is 13.7. The minimum absolute atomic E-state index is 0.00279. The van der Waals surface area contributed by atoms with Crippen molar-refractivity contribution in [2.45, 2.75) is 13.3 Å².